The average Bonchev–Trinajstić information content (AvgIpc) is 2.88. The first-order chi connectivity index (χ1) is 10.8. The molecule has 0 radical (unpaired) electrons. The van der Waals surface area contributed by atoms with E-state index in [0.717, 1.165) is 36.1 Å². The summed E-state index contributed by atoms with van der Waals surface area (Å²) in [7, 11) is 2.07. The van der Waals surface area contributed by atoms with E-state index in [4.69, 9.17) is 4.98 Å². The SMILES string of the molecule is CSc1nc2c3c(cn(C)c3n1)CCN2Cc1ccccc1. The number of aromatic nitrogens is 3. The molecular weight excluding hydrogens is 292 g/mol. The van der Waals surface area contributed by atoms with E-state index in [-0.39, 0.29) is 0 Å². The number of hydrogen-bond donors (Lipinski definition) is 0. The minimum Gasteiger partial charge on any atom is -0.351 e. The summed E-state index contributed by atoms with van der Waals surface area (Å²) in [5.41, 5.74) is 3.73. The van der Waals surface area contributed by atoms with Crippen LogP contribution in [0.4, 0.5) is 5.82 Å². The summed E-state index contributed by atoms with van der Waals surface area (Å²) >= 11 is 1.60. The molecule has 0 atom stereocenters. The van der Waals surface area contributed by atoms with Crippen molar-refractivity contribution in [3.05, 3.63) is 47.7 Å². The van der Waals surface area contributed by atoms with Crippen LogP contribution in [0.15, 0.2) is 41.7 Å². The highest BCUT2D eigenvalue weighted by atomic mass is 32.2. The molecule has 1 aliphatic rings. The quantitative estimate of drug-likeness (QED) is 0.549. The van der Waals surface area contributed by atoms with Gasteiger partial charge in [-0.3, -0.25) is 0 Å². The normalized spacial score (nSPS) is 13.8. The van der Waals surface area contributed by atoms with Crippen LogP contribution in [-0.4, -0.2) is 27.3 Å². The molecular formula is C17H18N4S. The van der Waals surface area contributed by atoms with Gasteiger partial charge in [0.1, 0.15) is 11.5 Å². The first-order valence-corrected chi connectivity index (χ1v) is 8.67. The van der Waals surface area contributed by atoms with Crippen LogP contribution in [0.25, 0.3) is 11.0 Å². The van der Waals surface area contributed by atoms with E-state index in [0.29, 0.717) is 0 Å². The van der Waals surface area contributed by atoms with Gasteiger partial charge in [-0.25, -0.2) is 9.97 Å². The van der Waals surface area contributed by atoms with Crippen molar-refractivity contribution in [3.8, 4) is 0 Å². The summed E-state index contributed by atoms with van der Waals surface area (Å²) in [6.07, 6.45) is 5.29. The van der Waals surface area contributed by atoms with Crippen LogP contribution in [0.2, 0.25) is 0 Å². The van der Waals surface area contributed by atoms with Crippen LogP contribution in [0.3, 0.4) is 0 Å². The van der Waals surface area contributed by atoms with Crippen LogP contribution < -0.4 is 4.90 Å². The number of nitrogens with zero attached hydrogens (tertiary/aromatic N) is 4. The summed E-state index contributed by atoms with van der Waals surface area (Å²) in [6.45, 7) is 1.90. The summed E-state index contributed by atoms with van der Waals surface area (Å²) in [5.74, 6) is 1.08. The number of anilines is 1. The van der Waals surface area contributed by atoms with Gasteiger partial charge in [0, 0.05) is 26.3 Å². The molecule has 0 fully saturated rings. The third-order valence-electron chi connectivity index (χ3n) is 4.20. The van der Waals surface area contributed by atoms with Crippen molar-refractivity contribution >= 4 is 28.6 Å². The monoisotopic (exact) mass is 310 g/mol. The maximum absolute atomic E-state index is 4.81. The first-order valence-electron chi connectivity index (χ1n) is 7.45. The highest BCUT2D eigenvalue weighted by molar-refractivity contribution is 7.98. The van der Waals surface area contributed by atoms with Crippen molar-refractivity contribution in [1.82, 2.24) is 14.5 Å². The second-order valence-corrected chi connectivity index (χ2v) is 6.43. The molecule has 0 saturated heterocycles. The zero-order chi connectivity index (χ0) is 15.1. The van der Waals surface area contributed by atoms with E-state index in [1.807, 2.05) is 6.26 Å². The second-order valence-electron chi connectivity index (χ2n) is 5.65. The zero-order valence-corrected chi connectivity index (χ0v) is 13.6. The predicted octanol–water partition coefficient (Wildman–Crippen LogP) is 3.25. The smallest absolute Gasteiger partial charge is 0.191 e. The molecule has 0 unspecified atom stereocenters. The van der Waals surface area contributed by atoms with Crippen LogP contribution in [0.5, 0.6) is 0 Å². The Morgan fingerprint density at radius 2 is 2.00 bits per heavy atom. The topological polar surface area (TPSA) is 34.0 Å². The Bertz CT molecular complexity index is 826. The van der Waals surface area contributed by atoms with Gasteiger partial charge in [-0.1, -0.05) is 42.1 Å². The van der Waals surface area contributed by atoms with Crippen molar-refractivity contribution in [2.45, 2.75) is 18.1 Å². The van der Waals surface area contributed by atoms with Gasteiger partial charge in [0.05, 0.1) is 5.39 Å². The molecule has 0 aliphatic carbocycles. The molecule has 3 aromatic rings. The van der Waals surface area contributed by atoms with Crippen molar-refractivity contribution < 1.29 is 0 Å². The van der Waals surface area contributed by atoms with E-state index in [1.54, 1.807) is 11.8 Å². The van der Waals surface area contributed by atoms with Crippen molar-refractivity contribution in [2.75, 3.05) is 17.7 Å². The van der Waals surface area contributed by atoms with Crippen LogP contribution in [-0.2, 0) is 20.0 Å². The Kier molecular flexibility index (Phi) is 3.30. The zero-order valence-electron chi connectivity index (χ0n) is 12.8. The average molecular weight is 310 g/mol. The Labute approximate surface area is 134 Å². The lowest BCUT2D eigenvalue weighted by atomic mass is 10.1. The van der Waals surface area contributed by atoms with E-state index in [1.165, 1.54) is 16.5 Å². The number of aryl methyl sites for hydroxylation is 1. The predicted molar refractivity (Wildman–Crippen MR) is 91.5 cm³/mol. The molecule has 0 saturated carbocycles. The van der Waals surface area contributed by atoms with Gasteiger partial charge in [-0.15, -0.1) is 0 Å². The van der Waals surface area contributed by atoms with E-state index >= 15 is 0 Å². The highest BCUT2D eigenvalue weighted by Gasteiger charge is 2.24. The maximum atomic E-state index is 4.81. The third kappa shape index (κ3) is 2.16. The summed E-state index contributed by atoms with van der Waals surface area (Å²) in [6, 6.07) is 10.6. The highest BCUT2D eigenvalue weighted by Crippen LogP contribution is 2.34. The van der Waals surface area contributed by atoms with E-state index < -0.39 is 0 Å². The number of hydrogen-bond acceptors (Lipinski definition) is 4. The molecule has 5 heteroatoms. The van der Waals surface area contributed by atoms with Crippen molar-refractivity contribution in [2.24, 2.45) is 7.05 Å². The van der Waals surface area contributed by atoms with Crippen LogP contribution >= 0.6 is 11.8 Å². The largest absolute Gasteiger partial charge is 0.351 e. The van der Waals surface area contributed by atoms with Crippen LogP contribution in [0, 0.1) is 0 Å². The number of benzene rings is 1. The fraction of sp³-hybridized carbons (Fsp3) is 0.294. The molecule has 0 amide bonds. The standard InChI is InChI=1S/C17H18N4S/c1-20-11-13-8-9-21(10-12-6-4-3-5-7-12)16-14(13)15(20)18-17(19-16)22-2/h3-7,11H,8-10H2,1-2H3. The second kappa shape index (κ2) is 5.32. The molecule has 1 aliphatic heterocycles. The van der Waals surface area contributed by atoms with Gasteiger partial charge in [0.15, 0.2) is 5.16 Å². The van der Waals surface area contributed by atoms with Crippen molar-refractivity contribution in [1.29, 1.82) is 0 Å². The Morgan fingerprint density at radius 1 is 1.18 bits per heavy atom. The van der Waals surface area contributed by atoms with Gasteiger partial charge < -0.3 is 9.47 Å². The summed E-state index contributed by atoms with van der Waals surface area (Å²) in [4.78, 5) is 11.9. The van der Waals surface area contributed by atoms with Crippen LogP contribution in [0.1, 0.15) is 11.1 Å². The van der Waals surface area contributed by atoms with Gasteiger partial charge in [-0.05, 0) is 23.8 Å². The fourth-order valence-electron chi connectivity index (χ4n) is 3.15. The van der Waals surface area contributed by atoms with Crippen molar-refractivity contribution in [3.63, 3.8) is 0 Å². The lowest BCUT2D eigenvalue weighted by molar-refractivity contribution is 0.750. The number of rotatable bonds is 3. The lowest BCUT2D eigenvalue weighted by Gasteiger charge is -2.28. The number of thioether (sulfide) groups is 1. The summed E-state index contributed by atoms with van der Waals surface area (Å²) in [5, 5.41) is 2.07. The minimum atomic E-state index is 0.843. The van der Waals surface area contributed by atoms with Gasteiger partial charge >= 0.3 is 0 Å². The Morgan fingerprint density at radius 3 is 2.77 bits per heavy atom. The minimum absolute atomic E-state index is 0.843. The molecule has 0 spiro atoms. The summed E-state index contributed by atoms with van der Waals surface area (Å²) < 4.78 is 2.13. The Hall–Kier alpha value is -2.01. The van der Waals surface area contributed by atoms with Gasteiger partial charge in [-0.2, -0.15) is 0 Å². The molecule has 0 N–H and O–H groups in total. The first kappa shape index (κ1) is 13.6. The third-order valence-corrected chi connectivity index (χ3v) is 4.75. The molecule has 2 aromatic heterocycles. The molecule has 4 rings (SSSR count). The Balaban J connectivity index is 1.83. The lowest BCUT2D eigenvalue weighted by Crippen LogP contribution is -2.29. The van der Waals surface area contributed by atoms with E-state index in [9.17, 15) is 0 Å². The molecule has 0 bridgehead atoms. The molecule has 1 aromatic carbocycles. The molecule has 22 heavy (non-hydrogen) atoms. The van der Waals surface area contributed by atoms with Gasteiger partial charge in [0.25, 0.3) is 0 Å². The maximum Gasteiger partial charge on any atom is 0.191 e. The molecule has 112 valence electrons. The van der Waals surface area contributed by atoms with E-state index in [2.05, 4.69) is 58.0 Å². The molecule has 3 heterocycles. The molecule has 4 nitrogen and oxygen atoms in total. The fourth-order valence-corrected chi connectivity index (χ4v) is 3.50. The van der Waals surface area contributed by atoms with Gasteiger partial charge in [0.2, 0.25) is 0 Å².